The molecule has 26 heteroatoms. The predicted molar refractivity (Wildman–Crippen MR) is 254 cm³/mol. The molecular weight excluding hydrogens is 948 g/mol. The van der Waals surface area contributed by atoms with E-state index in [0.29, 0.717) is 80.3 Å². The number of hydrogen-bond donors (Lipinski definition) is 8. The van der Waals surface area contributed by atoms with Crippen LogP contribution in [0.15, 0.2) is 66.6 Å². The summed E-state index contributed by atoms with van der Waals surface area (Å²) in [6.07, 6.45) is 11.3. The van der Waals surface area contributed by atoms with E-state index in [1.165, 1.54) is 18.0 Å². The zero-order valence-electron chi connectivity index (χ0n) is 40.0. The highest BCUT2D eigenvalue weighted by molar-refractivity contribution is 7.46. The highest BCUT2D eigenvalue weighted by Crippen LogP contribution is 2.38. The summed E-state index contributed by atoms with van der Waals surface area (Å²) >= 11 is 0. The second-order valence-corrected chi connectivity index (χ2v) is 18.5. The maximum absolute atomic E-state index is 14.1. The van der Waals surface area contributed by atoms with Crippen LogP contribution in [0.3, 0.4) is 0 Å². The Morgan fingerprint density at radius 3 is 2.41 bits per heavy atom. The van der Waals surface area contributed by atoms with Crippen molar-refractivity contribution in [2.24, 2.45) is 16.8 Å². The number of aliphatic hydroxyl groups is 1. The van der Waals surface area contributed by atoms with Crippen LogP contribution in [0.1, 0.15) is 83.2 Å². The fourth-order valence-electron chi connectivity index (χ4n) is 7.81. The summed E-state index contributed by atoms with van der Waals surface area (Å²) in [5, 5.41) is 24.3. The minimum Gasteiger partial charge on any atom is -0.487 e. The van der Waals surface area contributed by atoms with Gasteiger partial charge in [0.2, 0.25) is 41.2 Å². The number of ether oxygens (including phenoxy) is 1. The second-order valence-electron chi connectivity index (χ2n) is 17.4. The van der Waals surface area contributed by atoms with Crippen molar-refractivity contribution in [2.45, 2.75) is 122 Å². The van der Waals surface area contributed by atoms with E-state index < -0.39 is 80.3 Å². The van der Waals surface area contributed by atoms with Crippen LogP contribution in [0, 0.1) is 5.92 Å². The predicted octanol–water partition coefficient (Wildman–Crippen LogP) is 0.240. The number of aliphatic hydroxyl groups excluding tert-OH is 1. The summed E-state index contributed by atoms with van der Waals surface area (Å²) in [5.41, 5.74) is 7.29. The Bertz CT molecular complexity index is 2500. The van der Waals surface area contributed by atoms with Crippen molar-refractivity contribution in [3.63, 3.8) is 0 Å². The first kappa shape index (κ1) is 55.1. The van der Waals surface area contributed by atoms with Crippen molar-refractivity contribution in [1.82, 2.24) is 50.1 Å². The number of nitrogens with zero attached hydrogens (tertiary/aromatic N) is 7. The molecule has 4 heterocycles. The molecule has 71 heavy (non-hydrogen) atoms. The number of aromatic nitrogens is 5. The van der Waals surface area contributed by atoms with Gasteiger partial charge in [0.1, 0.15) is 49.2 Å². The van der Waals surface area contributed by atoms with Gasteiger partial charge < -0.3 is 60.9 Å². The summed E-state index contributed by atoms with van der Waals surface area (Å²) < 4.78 is 25.5. The highest BCUT2D eigenvalue weighted by atomic mass is 31.2. The number of rotatable bonds is 28. The first-order valence-electron chi connectivity index (χ1n) is 23.1. The molecule has 25 nitrogen and oxygen atoms in total. The number of benzene rings is 1. The Balaban J connectivity index is 1.21. The number of oxime groups is 1. The second kappa shape index (κ2) is 26.4. The number of hydrogen-bond acceptors (Lipinski definition) is 15. The number of nitrogens with one attached hydrogen (secondary N) is 4. The van der Waals surface area contributed by atoms with E-state index in [1.54, 1.807) is 23.3 Å². The molecule has 1 saturated heterocycles. The lowest BCUT2D eigenvalue weighted by atomic mass is 10.0. The molecule has 6 amide bonds. The lowest BCUT2D eigenvalue weighted by molar-refractivity contribution is -0.139. The molecule has 1 aromatic carbocycles. The molecule has 0 unspecified atom stereocenters. The molecule has 0 bridgehead atoms. The highest BCUT2D eigenvalue weighted by Gasteiger charge is 2.37. The topological polar surface area (TPSA) is 346 Å². The van der Waals surface area contributed by atoms with Crippen LogP contribution >= 0.6 is 7.82 Å². The molecule has 0 spiro atoms. The zero-order chi connectivity index (χ0) is 51.7. The van der Waals surface area contributed by atoms with Gasteiger partial charge in [0.25, 0.3) is 0 Å². The summed E-state index contributed by atoms with van der Waals surface area (Å²) in [6, 6.07) is 2.25. The summed E-state index contributed by atoms with van der Waals surface area (Å²) in [7, 11) is -5.14. The van der Waals surface area contributed by atoms with Gasteiger partial charge in [0.05, 0.1) is 30.9 Å². The first-order chi connectivity index (χ1) is 33.8. The van der Waals surface area contributed by atoms with Crippen molar-refractivity contribution in [3.05, 3.63) is 78.4 Å². The molecule has 3 aromatic heterocycles. The first-order valence-corrected chi connectivity index (χ1v) is 24.6. The number of amides is 6. The van der Waals surface area contributed by atoms with Gasteiger partial charge in [-0.05, 0) is 69.6 Å². The fourth-order valence-corrected chi connectivity index (χ4v) is 8.36. The normalized spacial score (nSPS) is 16.0. The Hall–Kier alpha value is -6.79. The quantitative estimate of drug-likeness (QED) is 0.0164. The van der Waals surface area contributed by atoms with E-state index in [4.69, 9.17) is 15.3 Å². The molecule has 5 rings (SSSR count). The minimum atomic E-state index is -5.14. The molecule has 0 radical (unpaired) electrons. The van der Waals surface area contributed by atoms with Gasteiger partial charge in [-0.15, -0.1) is 0 Å². The van der Waals surface area contributed by atoms with E-state index in [2.05, 4.69) is 45.9 Å². The molecule has 1 aliphatic rings. The van der Waals surface area contributed by atoms with Gasteiger partial charge in [0, 0.05) is 62.5 Å². The molecule has 0 aliphatic carbocycles. The fraction of sp³-hybridized carbons (Fsp3) is 0.511. The van der Waals surface area contributed by atoms with Crippen LogP contribution in [0.25, 0.3) is 5.78 Å². The number of nitrogens with two attached hydrogens (primary N) is 1. The number of primary amides is 1. The monoisotopic (exact) mass is 1010 g/mol. The van der Waals surface area contributed by atoms with Crippen molar-refractivity contribution in [3.8, 4) is 5.75 Å². The number of phosphoric acid groups is 1. The van der Waals surface area contributed by atoms with Gasteiger partial charge in [-0.1, -0.05) is 31.1 Å². The zero-order valence-corrected chi connectivity index (χ0v) is 40.9. The Labute approximate surface area is 409 Å². The SMILES string of the molecule is CC(=O)N1CCC[C@H]1C(=O)N[C@@H](CC(C)C)C(=O)N[C@@H](Cc1cncn1CCCCCO/N=C/c1ccccc1OCc1cn2cccnc2n1)C(=O)N[C@@H](CO)C(=O)N[C@H](C(N)=O)[C@@H](C)OP(=O)(O)O. The van der Waals surface area contributed by atoms with Gasteiger partial charge in [-0.2, -0.15) is 0 Å². The lowest BCUT2D eigenvalue weighted by Gasteiger charge is -2.28. The maximum Gasteiger partial charge on any atom is 0.469 e. The average molecular weight is 1010 g/mol. The van der Waals surface area contributed by atoms with E-state index >= 15 is 0 Å². The Kier molecular flexibility index (Phi) is 20.5. The van der Waals surface area contributed by atoms with E-state index in [1.807, 2.05) is 61.0 Å². The largest absolute Gasteiger partial charge is 0.487 e. The number of fused-ring (bicyclic) bond motifs is 1. The van der Waals surface area contributed by atoms with Crippen LogP contribution in [0.2, 0.25) is 0 Å². The third-order valence-electron chi connectivity index (χ3n) is 11.3. The maximum atomic E-state index is 14.1. The number of aryl methyl sites for hydroxylation is 1. The summed E-state index contributed by atoms with van der Waals surface area (Å²) in [4.78, 5) is 118. The van der Waals surface area contributed by atoms with Crippen molar-refractivity contribution in [2.75, 3.05) is 19.8 Å². The van der Waals surface area contributed by atoms with Crippen LogP contribution in [-0.2, 0) is 62.3 Å². The number of carbonyl (C=O) groups is 6. The Morgan fingerprint density at radius 1 is 0.972 bits per heavy atom. The van der Waals surface area contributed by atoms with E-state index in [-0.39, 0.29) is 31.3 Å². The van der Waals surface area contributed by atoms with Gasteiger partial charge in [-0.25, -0.2) is 19.5 Å². The van der Waals surface area contributed by atoms with Crippen molar-refractivity contribution >= 4 is 55.3 Å². The summed E-state index contributed by atoms with van der Waals surface area (Å²) in [5.74, 6) is -3.86. The lowest BCUT2D eigenvalue weighted by Crippen LogP contribution is -2.61. The number of likely N-dealkylation sites (tertiary alicyclic amines) is 1. The van der Waals surface area contributed by atoms with Crippen molar-refractivity contribution < 1.29 is 62.3 Å². The third kappa shape index (κ3) is 16.9. The van der Waals surface area contributed by atoms with Crippen LogP contribution in [-0.4, -0.2) is 141 Å². The molecule has 1 aliphatic heterocycles. The van der Waals surface area contributed by atoms with E-state index in [0.717, 1.165) is 6.92 Å². The summed E-state index contributed by atoms with van der Waals surface area (Å²) in [6.45, 7) is 6.45. The molecule has 1 fully saturated rings. The van der Waals surface area contributed by atoms with Gasteiger partial charge in [0.15, 0.2) is 0 Å². The smallest absolute Gasteiger partial charge is 0.469 e. The standard InChI is InChI=1S/C45H63N12O13P/c1-28(2)20-34(52-44(64)37-13-10-18-57(37)30(4)59)41(61)51-35(42(62)53-36(25-58)43(63)54-39(40(46)60)29(3)70-71(65,66)67)21-33-23-47-27-56(33)16-8-5-9-19-69-49-22-31-12-6-7-14-38(31)68-26-32-24-55-17-11-15-48-45(55)50-32/h6-7,11-12,14-15,17,22-24,27-29,34-37,39,58H,5,8-10,13,16,18-21,25-26H2,1-4H3,(H2,46,60)(H,51,61)(H,52,64)(H,53,62)(H,54,63)(H2,65,66,67)/b49-22+/t29-,34+,35+,36+,37+,39+/m1/s1. The van der Waals surface area contributed by atoms with Crippen molar-refractivity contribution in [1.29, 1.82) is 0 Å². The van der Waals surface area contributed by atoms with Crippen LogP contribution < -0.4 is 31.7 Å². The average Bonchev–Trinajstić information content (AvgIpc) is 4.09. The minimum absolute atomic E-state index is 0.114. The molecule has 4 aromatic rings. The van der Waals surface area contributed by atoms with Gasteiger partial charge in [-0.3, -0.25) is 37.7 Å². The molecular formula is C45H63N12O13P. The van der Waals surface area contributed by atoms with Crippen LogP contribution in [0.5, 0.6) is 5.75 Å². The Morgan fingerprint density at radius 2 is 1.70 bits per heavy atom. The molecule has 0 saturated carbocycles. The molecule has 9 N–H and O–H groups in total. The number of phosphoric ester groups is 1. The molecule has 6 atom stereocenters. The number of carbonyl (C=O) groups excluding carboxylic acids is 6. The number of unbranched alkanes of at least 4 members (excludes halogenated alkanes) is 2. The number of imidazole rings is 2. The van der Waals surface area contributed by atoms with Crippen LogP contribution in [0.4, 0.5) is 0 Å². The van der Waals surface area contributed by atoms with Gasteiger partial charge >= 0.3 is 7.82 Å². The van der Waals surface area contributed by atoms with E-state index in [9.17, 15) is 48.2 Å². The molecule has 386 valence electrons. The number of para-hydroxylation sites is 1. The third-order valence-corrected chi connectivity index (χ3v) is 11.9.